The molecule has 1 aliphatic heterocycles. The van der Waals surface area contributed by atoms with Gasteiger partial charge in [-0.15, -0.1) is 0 Å². The third kappa shape index (κ3) is 4.86. The summed E-state index contributed by atoms with van der Waals surface area (Å²) in [6.45, 7) is 5.90. The molecule has 3 atom stereocenters. The fourth-order valence-electron chi connectivity index (χ4n) is 5.54. The lowest BCUT2D eigenvalue weighted by atomic mass is 9.68. The highest BCUT2D eigenvalue weighted by atomic mass is 19.4. The van der Waals surface area contributed by atoms with Gasteiger partial charge >= 0.3 is 12.1 Å². The van der Waals surface area contributed by atoms with E-state index in [1.165, 1.54) is 18.2 Å². The topological polar surface area (TPSA) is 72.3 Å². The van der Waals surface area contributed by atoms with Gasteiger partial charge in [-0.3, -0.25) is 4.79 Å². The van der Waals surface area contributed by atoms with Crippen LogP contribution in [0.25, 0.3) is 0 Å². The van der Waals surface area contributed by atoms with Crippen LogP contribution in [0.4, 0.5) is 19.0 Å². The fourth-order valence-corrected chi connectivity index (χ4v) is 5.54. The highest BCUT2D eigenvalue weighted by Crippen LogP contribution is 2.49. The maximum Gasteiger partial charge on any atom is 0.416 e. The molecular formula is C30H27F3N3O2+. The zero-order chi connectivity index (χ0) is 27.0. The Kier molecular flexibility index (Phi) is 6.65. The molecule has 3 aromatic rings. The van der Waals surface area contributed by atoms with Crippen LogP contribution in [0.5, 0.6) is 0 Å². The summed E-state index contributed by atoms with van der Waals surface area (Å²) in [5.41, 5.74) is 1.86. The molecule has 0 radical (unpaired) electrons. The van der Waals surface area contributed by atoms with Crippen molar-refractivity contribution in [3.63, 3.8) is 0 Å². The summed E-state index contributed by atoms with van der Waals surface area (Å²) in [6, 6.07) is 18.2. The molecule has 0 bridgehead atoms. The Labute approximate surface area is 218 Å². The molecule has 2 aromatic carbocycles. The molecule has 0 saturated heterocycles. The zero-order valence-electron chi connectivity index (χ0n) is 20.7. The quantitative estimate of drug-likeness (QED) is 0.467. The first-order chi connectivity index (χ1) is 18.1. The maximum absolute atomic E-state index is 14.2. The molecule has 38 heavy (non-hydrogen) atoms. The molecule has 5 nitrogen and oxygen atoms in total. The standard InChI is InChI=1S/C30H26F3N3O2/c1-17-12-13-34-25(14-17)36-29(38)26-18(2)35-23-15-20(19-8-4-3-5-9-19)16-24(37)28(23)27(26)21-10-6-7-11-22(21)30(31,32)33/h3-14,20,26-27,35H,2,15-16H2,1H3,(H,34,36,38)/p+1. The first-order valence-electron chi connectivity index (χ1n) is 12.4. The number of amides is 1. The number of pyridine rings is 1. The summed E-state index contributed by atoms with van der Waals surface area (Å²) in [5.74, 6) is -2.87. The van der Waals surface area contributed by atoms with Crippen molar-refractivity contribution in [1.29, 1.82) is 0 Å². The third-order valence-corrected chi connectivity index (χ3v) is 7.21. The summed E-state index contributed by atoms with van der Waals surface area (Å²) >= 11 is 0. The number of ketones is 1. The van der Waals surface area contributed by atoms with Gasteiger partial charge in [-0.05, 0) is 48.1 Å². The number of carbonyl (C=O) groups is 2. The Morgan fingerprint density at radius 1 is 1.05 bits per heavy atom. The van der Waals surface area contributed by atoms with Crippen molar-refractivity contribution >= 4 is 17.5 Å². The Morgan fingerprint density at radius 2 is 1.76 bits per heavy atom. The molecular weight excluding hydrogens is 491 g/mol. The molecule has 1 amide bonds. The Balaban J connectivity index is 1.63. The van der Waals surface area contributed by atoms with Crippen LogP contribution in [-0.4, -0.2) is 11.7 Å². The van der Waals surface area contributed by atoms with Crippen LogP contribution < -0.4 is 15.6 Å². The monoisotopic (exact) mass is 518 g/mol. The fraction of sp³-hybridized carbons (Fsp3) is 0.233. The number of alkyl halides is 3. The molecule has 2 aliphatic rings. The first-order valence-corrected chi connectivity index (χ1v) is 12.4. The summed E-state index contributed by atoms with van der Waals surface area (Å²) in [7, 11) is 0. The second-order valence-electron chi connectivity index (χ2n) is 9.79. The van der Waals surface area contributed by atoms with E-state index in [2.05, 4.69) is 22.2 Å². The number of hydrogen-bond donors (Lipinski definition) is 2. The number of aromatic nitrogens is 1. The van der Waals surface area contributed by atoms with Gasteiger partial charge in [-0.1, -0.05) is 55.1 Å². The van der Waals surface area contributed by atoms with Crippen LogP contribution >= 0.6 is 0 Å². The number of aromatic amines is 1. The lowest BCUT2D eigenvalue weighted by Crippen LogP contribution is -2.44. The number of halogens is 3. The molecule has 8 heteroatoms. The number of benzene rings is 2. The van der Waals surface area contributed by atoms with Crippen molar-refractivity contribution in [1.82, 2.24) is 5.32 Å². The lowest BCUT2D eigenvalue weighted by Gasteiger charge is -2.40. The largest absolute Gasteiger partial charge is 0.416 e. The van der Waals surface area contributed by atoms with Crippen LogP contribution in [0.15, 0.2) is 96.5 Å². The summed E-state index contributed by atoms with van der Waals surface area (Å²) in [5, 5.41) is 5.92. The molecule has 0 fully saturated rings. The normalized spacial score (nSPS) is 21.5. The average molecular weight is 519 g/mol. The minimum Gasteiger partial charge on any atom is -0.362 e. The van der Waals surface area contributed by atoms with Gasteiger partial charge < -0.3 is 5.32 Å². The van der Waals surface area contributed by atoms with E-state index in [4.69, 9.17) is 0 Å². The van der Waals surface area contributed by atoms with E-state index in [-0.39, 0.29) is 35.0 Å². The molecule has 1 aliphatic carbocycles. The zero-order valence-corrected chi connectivity index (χ0v) is 20.7. The maximum atomic E-state index is 14.2. The SMILES string of the molecule is C=C1NC2=C(C(=O)CC(c3ccccc3)C2)C(c2ccccc2C(F)(F)F)C1C(=O)Nc1cc(C)cc[nH+]1. The first kappa shape index (κ1) is 25.4. The highest BCUT2D eigenvalue weighted by Gasteiger charge is 2.48. The molecule has 3 unspecified atom stereocenters. The predicted molar refractivity (Wildman–Crippen MR) is 137 cm³/mol. The smallest absolute Gasteiger partial charge is 0.362 e. The summed E-state index contributed by atoms with van der Waals surface area (Å²) in [4.78, 5) is 30.3. The van der Waals surface area contributed by atoms with E-state index >= 15 is 0 Å². The molecule has 1 aromatic heterocycles. The van der Waals surface area contributed by atoms with Gasteiger partial charge in [0.05, 0.1) is 11.8 Å². The molecule has 3 N–H and O–H groups in total. The van der Waals surface area contributed by atoms with E-state index < -0.39 is 29.5 Å². The van der Waals surface area contributed by atoms with Gasteiger partial charge in [0.25, 0.3) is 5.82 Å². The van der Waals surface area contributed by atoms with Crippen LogP contribution in [-0.2, 0) is 15.8 Å². The minimum absolute atomic E-state index is 0.116. The van der Waals surface area contributed by atoms with E-state index in [1.54, 1.807) is 12.3 Å². The van der Waals surface area contributed by atoms with Gasteiger partial charge in [-0.25, -0.2) is 15.1 Å². The van der Waals surface area contributed by atoms with Gasteiger partial charge in [0, 0.05) is 35.4 Å². The van der Waals surface area contributed by atoms with E-state index in [0.717, 1.165) is 17.2 Å². The van der Waals surface area contributed by atoms with Crippen LogP contribution in [0.2, 0.25) is 0 Å². The number of carbonyl (C=O) groups excluding carboxylic acids is 2. The number of anilines is 1. The third-order valence-electron chi connectivity index (χ3n) is 7.21. The van der Waals surface area contributed by atoms with Crippen molar-refractivity contribution < 1.29 is 27.7 Å². The van der Waals surface area contributed by atoms with E-state index in [9.17, 15) is 22.8 Å². The number of H-pyrrole nitrogens is 1. The predicted octanol–water partition coefficient (Wildman–Crippen LogP) is 5.68. The van der Waals surface area contributed by atoms with Gasteiger partial charge in [0.1, 0.15) is 5.92 Å². The van der Waals surface area contributed by atoms with Crippen molar-refractivity contribution in [3.8, 4) is 0 Å². The second-order valence-corrected chi connectivity index (χ2v) is 9.79. The number of aryl methyl sites for hydroxylation is 1. The molecule has 5 rings (SSSR count). The van der Waals surface area contributed by atoms with Crippen molar-refractivity contribution in [3.05, 3.63) is 119 Å². The summed E-state index contributed by atoms with van der Waals surface area (Å²) in [6.07, 6.45) is -2.44. The average Bonchev–Trinajstić information content (AvgIpc) is 2.87. The van der Waals surface area contributed by atoms with E-state index in [1.807, 2.05) is 43.3 Å². The number of rotatable bonds is 4. The van der Waals surface area contributed by atoms with Crippen LogP contribution in [0.3, 0.4) is 0 Å². The Bertz CT molecular complexity index is 1450. The number of allylic oxidation sites excluding steroid dienone is 2. The van der Waals surface area contributed by atoms with Gasteiger partial charge in [0.15, 0.2) is 5.78 Å². The van der Waals surface area contributed by atoms with Crippen molar-refractivity contribution in [2.45, 2.75) is 37.8 Å². The molecule has 0 spiro atoms. The molecule has 0 saturated carbocycles. The number of nitrogens with one attached hydrogen (secondary N) is 3. The number of Topliss-reactive ketones (excluding diaryl/α,β-unsaturated/α-hetero) is 1. The van der Waals surface area contributed by atoms with Gasteiger partial charge in [0.2, 0.25) is 0 Å². The second kappa shape index (κ2) is 9.93. The van der Waals surface area contributed by atoms with Crippen molar-refractivity contribution in [2.75, 3.05) is 5.32 Å². The van der Waals surface area contributed by atoms with E-state index in [0.29, 0.717) is 17.9 Å². The summed E-state index contributed by atoms with van der Waals surface area (Å²) < 4.78 is 42.5. The highest BCUT2D eigenvalue weighted by molar-refractivity contribution is 6.03. The van der Waals surface area contributed by atoms with Crippen LogP contribution in [0.1, 0.15) is 46.9 Å². The Morgan fingerprint density at radius 3 is 2.47 bits per heavy atom. The number of hydrogen-bond acceptors (Lipinski definition) is 3. The van der Waals surface area contributed by atoms with Gasteiger partial charge in [-0.2, -0.15) is 13.2 Å². The van der Waals surface area contributed by atoms with Crippen LogP contribution in [0, 0.1) is 12.8 Å². The lowest BCUT2D eigenvalue weighted by molar-refractivity contribution is -0.360. The molecule has 194 valence electrons. The minimum atomic E-state index is -4.67. The Hall–Kier alpha value is -4.20. The van der Waals surface area contributed by atoms with Crippen molar-refractivity contribution in [2.24, 2.45) is 5.92 Å². The molecule has 2 heterocycles.